The molecule has 20 heavy (non-hydrogen) atoms. The number of rotatable bonds is 3. The second-order valence-corrected chi connectivity index (χ2v) is 6.10. The van der Waals surface area contributed by atoms with E-state index in [9.17, 15) is 14.9 Å². The van der Waals surface area contributed by atoms with E-state index in [1.165, 1.54) is 24.6 Å². The number of benzene rings is 1. The molecule has 0 aliphatic heterocycles. The summed E-state index contributed by atoms with van der Waals surface area (Å²) in [6.07, 6.45) is 4.42. The highest BCUT2D eigenvalue weighted by Crippen LogP contribution is 2.48. The van der Waals surface area contributed by atoms with Crippen molar-refractivity contribution in [3.8, 4) is 0 Å². The van der Waals surface area contributed by atoms with Gasteiger partial charge in [-0.2, -0.15) is 0 Å². The minimum absolute atomic E-state index is 0.0316. The molecule has 2 bridgehead atoms. The van der Waals surface area contributed by atoms with Crippen LogP contribution in [0.25, 0.3) is 0 Å². The molecule has 0 heterocycles. The molecule has 106 valence electrons. The van der Waals surface area contributed by atoms with Gasteiger partial charge >= 0.3 is 0 Å². The van der Waals surface area contributed by atoms with E-state index in [-0.39, 0.29) is 17.5 Å². The molecule has 2 aliphatic carbocycles. The maximum absolute atomic E-state index is 12.3. The normalized spacial score (nSPS) is 27.6. The van der Waals surface area contributed by atoms with Crippen molar-refractivity contribution in [1.29, 1.82) is 0 Å². The number of nitro groups is 1. The minimum atomic E-state index is -0.497. The van der Waals surface area contributed by atoms with Gasteiger partial charge in [-0.05, 0) is 37.2 Å². The number of carbonyl (C=O) groups excluding carboxylic acids is 1. The summed E-state index contributed by atoms with van der Waals surface area (Å²) in [6.45, 7) is 0. The van der Waals surface area contributed by atoms with Crippen LogP contribution in [-0.2, 0) is 4.79 Å². The van der Waals surface area contributed by atoms with Crippen molar-refractivity contribution in [2.75, 3.05) is 5.32 Å². The summed E-state index contributed by atoms with van der Waals surface area (Å²) in [5.41, 5.74) is 0.256. The predicted molar refractivity (Wildman–Crippen MR) is 75.7 cm³/mol. The number of amides is 1. The number of halogens is 1. The van der Waals surface area contributed by atoms with Gasteiger partial charge in [-0.3, -0.25) is 14.9 Å². The molecule has 3 rings (SSSR count). The van der Waals surface area contributed by atoms with E-state index in [4.69, 9.17) is 11.6 Å². The lowest BCUT2D eigenvalue weighted by molar-refractivity contribution is -0.384. The Balaban J connectivity index is 1.75. The summed E-state index contributed by atoms with van der Waals surface area (Å²) in [4.78, 5) is 22.6. The highest BCUT2D eigenvalue weighted by Gasteiger charge is 2.43. The first-order valence-corrected chi connectivity index (χ1v) is 7.17. The highest BCUT2D eigenvalue weighted by atomic mass is 35.5. The monoisotopic (exact) mass is 294 g/mol. The largest absolute Gasteiger partial charge is 0.324 e. The van der Waals surface area contributed by atoms with Crippen LogP contribution in [0.3, 0.4) is 0 Å². The Morgan fingerprint density at radius 2 is 2.15 bits per heavy atom. The van der Waals surface area contributed by atoms with Gasteiger partial charge < -0.3 is 5.32 Å². The topological polar surface area (TPSA) is 72.2 Å². The number of nitrogens with zero attached hydrogens (tertiary/aromatic N) is 1. The van der Waals surface area contributed by atoms with Gasteiger partial charge in [0.05, 0.1) is 15.6 Å². The lowest BCUT2D eigenvalue weighted by Crippen LogP contribution is -2.27. The molecule has 1 aromatic rings. The molecule has 1 N–H and O–H groups in total. The molecule has 1 amide bonds. The summed E-state index contributed by atoms with van der Waals surface area (Å²) in [6, 6.07) is 4.08. The van der Waals surface area contributed by atoms with Gasteiger partial charge in [0.1, 0.15) is 0 Å². The van der Waals surface area contributed by atoms with Crippen molar-refractivity contribution in [3.05, 3.63) is 33.3 Å². The summed E-state index contributed by atoms with van der Waals surface area (Å²) in [7, 11) is 0. The molecular weight excluding hydrogens is 280 g/mol. The average molecular weight is 295 g/mol. The van der Waals surface area contributed by atoms with E-state index in [1.807, 2.05) is 0 Å². The first-order chi connectivity index (χ1) is 9.54. The van der Waals surface area contributed by atoms with Crippen molar-refractivity contribution in [1.82, 2.24) is 0 Å². The van der Waals surface area contributed by atoms with Crippen LogP contribution in [0.2, 0.25) is 5.02 Å². The number of nitrogens with one attached hydrogen (secondary N) is 1. The fourth-order valence-corrected chi connectivity index (χ4v) is 3.68. The van der Waals surface area contributed by atoms with E-state index in [0.717, 1.165) is 19.3 Å². The third-order valence-corrected chi connectivity index (χ3v) is 4.82. The number of carbonyl (C=O) groups is 1. The third kappa shape index (κ3) is 2.38. The Bertz CT molecular complexity index is 576. The molecule has 5 nitrogen and oxygen atoms in total. The zero-order valence-corrected chi connectivity index (χ0v) is 11.6. The number of non-ortho nitro benzene ring substituents is 1. The van der Waals surface area contributed by atoms with Crippen LogP contribution in [0, 0.1) is 27.9 Å². The van der Waals surface area contributed by atoms with Gasteiger partial charge in [0.25, 0.3) is 5.69 Å². The molecule has 2 aliphatic rings. The number of nitro benzene ring substituents is 1. The first-order valence-electron chi connectivity index (χ1n) is 6.79. The van der Waals surface area contributed by atoms with Gasteiger partial charge in [-0.1, -0.05) is 18.0 Å². The van der Waals surface area contributed by atoms with E-state index < -0.39 is 4.92 Å². The lowest BCUT2D eigenvalue weighted by atomic mass is 9.88. The summed E-state index contributed by atoms with van der Waals surface area (Å²) < 4.78 is 0. The zero-order valence-electron chi connectivity index (χ0n) is 10.8. The van der Waals surface area contributed by atoms with Gasteiger partial charge in [-0.25, -0.2) is 0 Å². The number of fused-ring (bicyclic) bond motifs is 2. The van der Waals surface area contributed by atoms with Crippen molar-refractivity contribution in [2.45, 2.75) is 25.7 Å². The molecule has 2 fully saturated rings. The second-order valence-electron chi connectivity index (χ2n) is 5.69. The van der Waals surface area contributed by atoms with Crippen molar-refractivity contribution in [3.63, 3.8) is 0 Å². The highest BCUT2D eigenvalue weighted by molar-refractivity contribution is 6.33. The zero-order chi connectivity index (χ0) is 14.3. The van der Waals surface area contributed by atoms with E-state index >= 15 is 0 Å². The summed E-state index contributed by atoms with van der Waals surface area (Å²) in [5, 5.41) is 13.8. The number of hydrogen-bond acceptors (Lipinski definition) is 3. The van der Waals surface area contributed by atoms with Crippen LogP contribution < -0.4 is 5.32 Å². The van der Waals surface area contributed by atoms with Crippen LogP contribution in [0.15, 0.2) is 18.2 Å². The maximum atomic E-state index is 12.3. The number of hydrogen-bond donors (Lipinski definition) is 1. The van der Waals surface area contributed by atoms with Gasteiger partial charge in [-0.15, -0.1) is 0 Å². The van der Waals surface area contributed by atoms with Crippen LogP contribution in [0.4, 0.5) is 11.4 Å². The quantitative estimate of drug-likeness (QED) is 0.683. The SMILES string of the molecule is O=C(Nc1cc([N+](=O)[O-])ccc1Cl)[C@@H]1C[C@H]2CC[C@@H]1C2. The summed E-state index contributed by atoms with van der Waals surface area (Å²) >= 11 is 5.99. The smallest absolute Gasteiger partial charge is 0.271 e. The van der Waals surface area contributed by atoms with Crippen molar-refractivity contribution < 1.29 is 9.72 Å². The predicted octanol–water partition coefficient (Wildman–Crippen LogP) is 3.62. The van der Waals surface area contributed by atoms with Crippen LogP contribution in [-0.4, -0.2) is 10.8 Å². The molecule has 0 spiro atoms. The molecule has 0 aromatic heterocycles. The van der Waals surface area contributed by atoms with E-state index in [2.05, 4.69) is 5.32 Å². The molecule has 3 atom stereocenters. The average Bonchev–Trinajstić information content (AvgIpc) is 3.03. The molecule has 0 unspecified atom stereocenters. The Hall–Kier alpha value is -1.62. The Labute approximate surface area is 121 Å². The Morgan fingerprint density at radius 1 is 1.35 bits per heavy atom. The fourth-order valence-electron chi connectivity index (χ4n) is 3.51. The van der Waals surface area contributed by atoms with Gasteiger partial charge in [0, 0.05) is 18.1 Å². The van der Waals surface area contributed by atoms with E-state index in [0.29, 0.717) is 22.5 Å². The molecule has 2 saturated carbocycles. The number of anilines is 1. The minimum Gasteiger partial charge on any atom is -0.324 e. The maximum Gasteiger partial charge on any atom is 0.271 e. The molecular formula is C14H15ClN2O3. The van der Waals surface area contributed by atoms with Crippen LogP contribution >= 0.6 is 11.6 Å². The van der Waals surface area contributed by atoms with E-state index in [1.54, 1.807) is 0 Å². The van der Waals surface area contributed by atoms with Crippen molar-refractivity contribution in [2.24, 2.45) is 17.8 Å². The molecule has 0 saturated heterocycles. The Kier molecular flexibility index (Phi) is 3.38. The lowest BCUT2D eigenvalue weighted by Gasteiger charge is -2.21. The molecule has 6 heteroatoms. The second kappa shape index (κ2) is 5.05. The fraction of sp³-hybridized carbons (Fsp3) is 0.500. The van der Waals surface area contributed by atoms with Gasteiger partial charge in [0.15, 0.2) is 0 Å². The Morgan fingerprint density at radius 3 is 2.75 bits per heavy atom. The third-order valence-electron chi connectivity index (χ3n) is 4.49. The van der Waals surface area contributed by atoms with Crippen molar-refractivity contribution >= 4 is 28.9 Å². The standard InChI is InChI=1S/C14H15ClN2O3/c15-12-4-3-10(17(19)20)7-13(12)16-14(18)11-6-8-1-2-9(11)5-8/h3-4,7-9,11H,1-2,5-6H2,(H,16,18)/t8-,9+,11+/m0/s1. The molecule has 0 radical (unpaired) electrons. The molecule has 1 aromatic carbocycles. The summed E-state index contributed by atoms with van der Waals surface area (Å²) in [5.74, 6) is 1.12. The van der Waals surface area contributed by atoms with Gasteiger partial charge in [0.2, 0.25) is 5.91 Å². The van der Waals surface area contributed by atoms with Crippen LogP contribution in [0.1, 0.15) is 25.7 Å². The van der Waals surface area contributed by atoms with Crippen LogP contribution in [0.5, 0.6) is 0 Å². The first kappa shape index (κ1) is 13.4.